The van der Waals surface area contributed by atoms with Crippen LogP contribution in [0, 0.1) is 0 Å². The summed E-state index contributed by atoms with van der Waals surface area (Å²) in [4.78, 5) is 12.5. The molecule has 0 saturated heterocycles. The van der Waals surface area contributed by atoms with Crippen LogP contribution < -0.4 is 5.01 Å². The fraction of sp³-hybridized carbons (Fsp3) is 0.0714. The number of hydrogen-bond donors (Lipinski definition) is 0. The molecule has 0 saturated carbocycles. The van der Waals surface area contributed by atoms with Crippen molar-refractivity contribution in [2.45, 2.75) is 6.54 Å². The molecule has 3 rings (SSSR count). The van der Waals surface area contributed by atoms with E-state index in [4.69, 9.17) is 0 Å². The van der Waals surface area contributed by atoms with Crippen LogP contribution in [-0.4, -0.2) is 19.6 Å². The first-order valence-electron chi connectivity index (χ1n) is 5.95. The number of rotatable bonds is 4. The Morgan fingerprint density at radius 3 is 2.84 bits per heavy atom. The topological polar surface area (TPSA) is 46.8 Å². The van der Waals surface area contributed by atoms with E-state index in [2.05, 4.69) is 33.7 Å². The molecule has 0 N–H and O–H groups in total. The van der Waals surface area contributed by atoms with Crippen LogP contribution in [0.4, 0.5) is 0 Å². The maximum atomic E-state index is 4.28. The van der Waals surface area contributed by atoms with Gasteiger partial charge in [-0.25, -0.2) is 19.6 Å². The van der Waals surface area contributed by atoms with Crippen molar-refractivity contribution in [3.05, 3.63) is 67.5 Å². The molecule has 0 radical (unpaired) electrons. The lowest BCUT2D eigenvalue weighted by Crippen LogP contribution is -2.27. The highest BCUT2D eigenvalue weighted by Crippen LogP contribution is 2.11. The van der Waals surface area contributed by atoms with Crippen LogP contribution in [0.15, 0.2) is 62.0 Å². The zero-order valence-corrected chi connectivity index (χ0v) is 10.3. The second-order valence-corrected chi connectivity index (χ2v) is 4.09. The van der Waals surface area contributed by atoms with Crippen LogP contribution >= 0.6 is 0 Å². The molecule has 94 valence electrons. The first kappa shape index (κ1) is 11.4. The highest BCUT2D eigenvalue weighted by Gasteiger charge is 2.09. The minimum atomic E-state index is 0.708. The quantitative estimate of drug-likeness (QED) is 0.712. The summed E-state index contributed by atoms with van der Waals surface area (Å²) >= 11 is 0. The van der Waals surface area contributed by atoms with Crippen molar-refractivity contribution in [1.29, 1.82) is 0 Å². The zero-order chi connectivity index (χ0) is 13.1. The Morgan fingerprint density at radius 1 is 1.21 bits per heavy atom. The van der Waals surface area contributed by atoms with E-state index < -0.39 is 0 Å². The number of imidazole rings is 1. The number of nitrogens with zero attached hydrogens (tertiary/aromatic N) is 5. The molecule has 0 aliphatic heterocycles. The van der Waals surface area contributed by atoms with E-state index in [1.807, 2.05) is 27.9 Å². The van der Waals surface area contributed by atoms with Crippen LogP contribution in [0.5, 0.6) is 0 Å². The minimum absolute atomic E-state index is 0.708. The van der Waals surface area contributed by atoms with Gasteiger partial charge in [0.25, 0.3) is 0 Å². The Bertz CT molecular complexity index is 689. The van der Waals surface area contributed by atoms with Crippen LogP contribution in [0.25, 0.3) is 11.2 Å². The molecule has 0 atom stereocenters. The van der Waals surface area contributed by atoms with Gasteiger partial charge in [0.1, 0.15) is 18.2 Å². The maximum absolute atomic E-state index is 4.28. The van der Waals surface area contributed by atoms with Gasteiger partial charge in [0.2, 0.25) is 0 Å². The molecule has 2 aromatic heterocycles. The minimum Gasteiger partial charge on any atom is -0.282 e. The summed E-state index contributed by atoms with van der Waals surface area (Å²) in [6.45, 7) is 4.56. The number of hydrogen-bond acceptors (Lipinski definition) is 4. The maximum Gasteiger partial charge on any atom is 0.182 e. The largest absolute Gasteiger partial charge is 0.282 e. The normalized spacial score (nSPS) is 10.5. The molecule has 19 heavy (non-hydrogen) atoms. The van der Waals surface area contributed by atoms with E-state index in [0.29, 0.717) is 6.54 Å². The molecule has 0 amide bonds. The predicted octanol–water partition coefficient (Wildman–Crippen LogP) is 2.11. The van der Waals surface area contributed by atoms with Crippen LogP contribution in [0.3, 0.4) is 0 Å². The second-order valence-electron chi connectivity index (χ2n) is 4.09. The summed E-state index contributed by atoms with van der Waals surface area (Å²) < 4.78 is 1.87. The average molecular weight is 251 g/mol. The van der Waals surface area contributed by atoms with E-state index in [9.17, 15) is 0 Å². The van der Waals surface area contributed by atoms with Crippen molar-refractivity contribution in [2.75, 3.05) is 5.01 Å². The molecule has 0 fully saturated rings. The van der Waals surface area contributed by atoms with Gasteiger partial charge in [0, 0.05) is 6.20 Å². The summed E-state index contributed by atoms with van der Waals surface area (Å²) in [5, 5.41) is 1.96. The molecule has 0 unspecified atom stereocenters. The first-order valence-corrected chi connectivity index (χ1v) is 5.95. The fourth-order valence-electron chi connectivity index (χ4n) is 1.94. The van der Waals surface area contributed by atoms with Gasteiger partial charge in [-0.3, -0.25) is 5.01 Å². The lowest BCUT2D eigenvalue weighted by atomic mass is 10.2. The van der Waals surface area contributed by atoms with Crippen molar-refractivity contribution in [3.8, 4) is 0 Å². The summed E-state index contributed by atoms with van der Waals surface area (Å²) in [5.41, 5.74) is 2.73. The summed E-state index contributed by atoms with van der Waals surface area (Å²) in [5.74, 6) is 0. The van der Waals surface area contributed by atoms with Gasteiger partial charge in [0.05, 0.1) is 12.7 Å². The third-order valence-corrected chi connectivity index (χ3v) is 2.87. The lowest BCUT2D eigenvalue weighted by Gasteiger charge is -2.21. The Labute approximate surface area is 110 Å². The lowest BCUT2D eigenvalue weighted by molar-refractivity contribution is 0.694. The van der Waals surface area contributed by atoms with Crippen LogP contribution in [0.2, 0.25) is 0 Å². The molecule has 0 aliphatic rings. The van der Waals surface area contributed by atoms with E-state index in [1.54, 1.807) is 18.7 Å². The Balaban J connectivity index is 1.96. The molecular formula is C14H13N5. The van der Waals surface area contributed by atoms with Crippen LogP contribution in [-0.2, 0) is 6.54 Å². The van der Waals surface area contributed by atoms with Gasteiger partial charge in [-0.1, -0.05) is 36.9 Å². The van der Waals surface area contributed by atoms with E-state index in [1.165, 1.54) is 11.9 Å². The van der Waals surface area contributed by atoms with Crippen molar-refractivity contribution in [2.24, 2.45) is 0 Å². The number of fused-ring (bicyclic) bond motifs is 1. The molecule has 1 aromatic carbocycles. The molecular weight excluding hydrogens is 238 g/mol. The molecule has 0 spiro atoms. The number of benzene rings is 1. The SMILES string of the molecule is C=CN(Cc1ccccc1)n1cnc2cncnc21. The van der Waals surface area contributed by atoms with Gasteiger partial charge in [-0.2, -0.15) is 0 Å². The van der Waals surface area contributed by atoms with E-state index in [0.717, 1.165) is 11.2 Å². The average Bonchev–Trinajstić information content (AvgIpc) is 2.90. The monoisotopic (exact) mass is 251 g/mol. The molecule has 0 aliphatic carbocycles. The van der Waals surface area contributed by atoms with Crippen LogP contribution in [0.1, 0.15) is 5.56 Å². The summed E-state index contributed by atoms with van der Waals surface area (Å²) in [6.07, 6.45) is 6.70. The van der Waals surface area contributed by atoms with Gasteiger partial charge in [-0.15, -0.1) is 0 Å². The molecule has 3 aromatic rings. The smallest absolute Gasteiger partial charge is 0.182 e. The molecule has 5 nitrogen and oxygen atoms in total. The Morgan fingerprint density at radius 2 is 2.05 bits per heavy atom. The van der Waals surface area contributed by atoms with Crippen molar-refractivity contribution in [1.82, 2.24) is 19.6 Å². The van der Waals surface area contributed by atoms with Gasteiger partial charge in [0.15, 0.2) is 5.65 Å². The predicted molar refractivity (Wildman–Crippen MR) is 73.9 cm³/mol. The fourth-order valence-corrected chi connectivity index (χ4v) is 1.94. The molecule has 5 heteroatoms. The third kappa shape index (κ3) is 2.18. The Hall–Kier alpha value is -2.69. The van der Waals surface area contributed by atoms with Crippen molar-refractivity contribution < 1.29 is 0 Å². The number of aromatic nitrogens is 4. The third-order valence-electron chi connectivity index (χ3n) is 2.87. The highest BCUT2D eigenvalue weighted by molar-refractivity contribution is 5.69. The summed E-state index contributed by atoms with van der Waals surface area (Å²) in [7, 11) is 0. The van der Waals surface area contributed by atoms with Crippen molar-refractivity contribution >= 4 is 11.2 Å². The van der Waals surface area contributed by atoms with Crippen molar-refractivity contribution in [3.63, 3.8) is 0 Å². The molecule has 2 heterocycles. The van der Waals surface area contributed by atoms with Gasteiger partial charge >= 0.3 is 0 Å². The molecule has 0 bridgehead atoms. The highest BCUT2D eigenvalue weighted by atomic mass is 15.6. The summed E-state index contributed by atoms with van der Waals surface area (Å²) in [6, 6.07) is 10.2. The van der Waals surface area contributed by atoms with E-state index >= 15 is 0 Å². The Kier molecular flexibility index (Phi) is 2.94. The zero-order valence-electron chi connectivity index (χ0n) is 10.3. The van der Waals surface area contributed by atoms with Gasteiger partial charge < -0.3 is 0 Å². The first-order chi connectivity index (χ1) is 9.38. The van der Waals surface area contributed by atoms with Gasteiger partial charge in [-0.05, 0) is 5.56 Å². The standard InChI is InChI=1S/C14H13N5/c1-2-18(9-12-6-4-3-5-7-12)19-11-17-13-8-15-10-16-14(13)19/h2-8,10-11H,1,9H2. The second kappa shape index (κ2) is 4.89. The van der Waals surface area contributed by atoms with E-state index in [-0.39, 0.29) is 0 Å².